The lowest BCUT2D eigenvalue weighted by Gasteiger charge is -2.25. The quantitative estimate of drug-likeness (QED) is 0.774. The number of halogens is 1. The van der Waals surface area contributed by atoms with Crippen LogP contribution in [0.2, 0.25) is 0 Å². The monoisotopic (exact) mass is 415 g/mol. The van der Waals surface area contributed by atoms with Gasteiger partial charge in [0.05, 0.1) is 25.1 Å². The van der Waals surface area contributed by atoms with Gasteiger partial charge < -0.3 is 24.3 Å². The Morgan fingerprint density at radius 3 is 2.70 bits per heavy atom. The van der Waals surface area contributed by atoms with Gasteiger partial charge in [-0.25, -0.2) is 9.18 Å². The summed E-state index contributed by atoms with van der Waals surface area (Å²) in [5.74, 6) is -0.371. The van der Waals surface area contributed by atoms with Gasteiger partial charge in [0.15, 0.2) is 11.6 Å². The standard InChI is InChI=1S/C22H26FN3O4/c1-29-21-18-14(20(27)15(22(28)30-2)10-26(18)13-5-6-13)8-16(23)19(21)25-9-12-4-3-7-24-17(12)11-25/h8,10,12-13,17,24H,3-7,9,11H2,1-2H3/t12-,17+/m0/s1. The number of hydrogen-bond acceptors (Lipinski definition) is 6. The van der Waals surface area contributed by atoms with Crippen LogP contribution in [0.3, 0.4) is 0 Å². The molecule has 3 heterocycles. The van der Waals surface area contributed by atoms with Crippen LogP contribution >= 0.6 is 0 Å². The van der Waals surface area contributed by atoms with E-state index in [0.717, 1.165) is 38.8 Å². The molecule has 1 saturated carbocycles. The highest BCUT2D eigenvalue weighted by Gasteiger charge is 2.38. The second-order valence-electron chi connectivity index (χ2n) is 8.51. The molecule has 0 unspecified atom stereocenters. The Morgan fingerprint density at radius 1 is 1.23 bits per heavy atom. The van der Waals surface area contributed by atoms with Crippen molar-refractivity contribution >= 4 is 22.6 Å². The minimum Gasteiger partial charge on any atom is -0.492 e. The molecule has 3 aliphatic rings. The Hall–Kier alpha value is -2.61. The van der Waals surface area contributed by atoms with E-state index < -0.39 is 17.2 Å². The fourth-order valence-electron chi connectivity index (χ4n) is 5.06. The van der Waals surface area contributed by atoms with Crippen LogP contribution in [0.25, 0.3) is 10.9 Å². The number of rotatable bonds is 4. The van der Waals surface area contributed by atoms with Gasteiger partial charge in [-0.05, 0) is 44.2 Å². The van der Waals surface area contributed by atoms with Crippen LogP contribution in [-0.4, -0.2) is 50.4 Å². The Morgan fingerprint density at radius 2 is 2.03 bits per heavy atom. The van der Waals surface area contributed by atoms with Crippen LogP contribution in [0.5, 0.6) is 5.75 Å². The van der Waals surface area contributed by atoms with Crippen molar-refractivity contribution in [2.24, 2.45) is 5.92 Å². The van der Waals surface area contributed by atoms with Crippen molar-refractivity contribution in [2.45, 2.75) is 37.8 Å². The van der Waals surface area contributed by atoms with Crippen molar-refractivity contribution in [3.8, 4) is 5.75 Å². The van der Waals surface area contributed by atoms with Crippen molar-refractivity contribution in [3.63, 3.8) is 0 Å². The first-order valence-corrected chi connectivity index (χ1v) is 10.6. The second kappa shape index (κ2) is 7.27. The summed E-state index contributed by atoms with van der Waals surface area (Å²) in [5, 5.41) is 3.69. The van der Waals surface area contributed by atoms with Crippen LogP contribution in [-0.2, 0) is 4.74 Å². The first-order valence-electron chi connectivity index (χ1n) is 10.6. The number of hydrogen-bond donors (Lipinski definition) is 1. The predicted molar refractivity (Wildman–Crippen MR) is 111 cm³/mol. The topological polar surface area (TPSA) is 72.8 Å². The number of ether oxygens (including phenoxy) is 2. The molecule has 2 atom stereocenters. The van der Waals surface area contributed by atoms with Crippen molar-refractivity contribution in [3.05, 3.63) is 33.9 Å². The number of fused-ring (bicyclic) bond motifs is 2. The molecule has 5 rings (SSSR count). The van der Waals surface area contributed by atoms with Crippen LogP contribution in [0.15, 0.2) is 17.1 Å². The smallest absolute Gasteiger partial charge is 0.343 e. The second-order valence-corrected chi connectivity index (χ2v) is 8.51. The van der Waals surface area contributed by atoms with Gasteiger partial charge >= 0.3 is 5.97 Å². The summed E-state index contributed by atoms with van der Waals surface area (Å²) in [6, 6.07) is 1.76. The zero-order valence-electron chi connectivity index (χ0n) is 17.2. The van der Waals surface area contributed by atoms with Gasteiger partial charge in [0.1, 0.15) is 11.3 Å². The first kappa shape index (κ1) is 19.4. The maximum atomic E-state index is 15.4. The van der Waals surface area contributed by atoms with Crippen molar-refractivity contribution < 1.29 is 18.7 Å². The molecule has 0 radical (unpaired) electrons. The zero-order valence-corrected chi connectivity index (χ0v) is 17.2. The maximum absolute atomic E-state index is 15.4. The van der Waals surface area contributed by atoms with E-state index in [1.54, 1.807) is 6.20 Å². The molecular formula is C22H26FN3O4. The molecule has 160 valence electrons. The van der Waals surface area contributed by atoms with Gasteiger partial charge in [0.2, 0.25) is 5.43 Å². The molecule has 1 aromatic carbocycles. The van der Waals surface area contributed by atoms with Crippen LogP contribution in [0.4, 0.5) is 10.1 Å². The molecule has 8 heteroatoms. The minimum atomic E-state index is -0.713. The lowest BCUT2D eigenvalue weighted by Crippen LogP contribution is -2.40. The molecular weight excluding hydrogens is 389 g/mol. The average molecular weight is 415 g/mol. The largest absolute Gasteiger partial charge is 0.492 e. The fourth-order valence-corrected chi connectivity index (χ4v) is 5.06. The number of pyridine rings is 1. The molecule has 0 amide bonds. The number of nitrogens with zero attached hydrogens (tertiary/aromatic N) is 2. The summed E-state index contributed by atoms with van der Waals surface area (Å²) in [7, 11) is 2.74. The van der Waals surface area contributed by atoms with Crippen LogP contribution in [0, 0.1) is 11.7 Å². The molecule has 1 aromatic heterocycles. The first-order chi connectivity index (χ1) is 14.5. The van der Waals surface area contributed by atoms with Crippen molar-refractivity contribution in [1.82, 2.24) is 9.88 Å². The summed E-state index contributed by atoms with van der Waals surface area (Å²) in [6.07, 6.45) is 5.67. The molecule has 7 nitrogen and oxygen atoms in total. The van der Waals surface area contributed by atoms with E-state index >= 15 is 4.39 Å². The van der Waals surface area contributed by atoms with E-state index in [2.05, 4.69) is 5.32 Å². The van der Waals surface area contributed by atoms with Gasteiger partial charge in [-0.15, -0.1) is 0 Å². The van der Waals surface area contributed by atoms with Crippen LogP contribution in [0.1, 0.15) is 42.1 Å². The number of carbonyl (C=O) groups is 1. The van der Waals surface area contributed by atoms with Gasteiger partial charge in [0.25, 0.3) is 0 Å². The minimum absolute atomic E-state index is 0.0810. The molecule has 0 bridgehead atoms. The Kier molecular flexibility index (Phi) is 4.69. The summed E-state index contributed by atoms with van der Waals surface area (Å²) in [5.41, 5.74) is 0.342. The number of piperidine rings is 1. The Bertz CT molecular complexity index is 1060. The van der Waals surface area contributed by atoms with E-state index in [9.17, 15) is 9.59 Å². The molecule has 1 N–H and O–H groups in total. The SMILES string of the molecule is COC(=O)c1cn(C2CC2)c2c(OC)c(N3C[C@@H]4CCCN[C@@H]4C3)c(F)cc2c1=O. The summed E-state index contributed by atoms with van der Waals surface area (Å²) < 4.78 is 27.8. The average Bonchev–Trinajstić information content (AvgIpc) is 3.51. The maximum Gasteiger partial charge on any atom is 0.343 e. The molecule has 0 spiro atoms. The number of carbonyl (C=O) groups excluding carboxylic acids is 1. The highest BCUT2D eigenvalue weighted by molar-refractivity contribution is 5.97. The van der Waals surface area contributed by atoms with E-state index in [4.69, 9.17) is 9.47 Å². The lowest BCUT2D eigenvalue weighted by atomic mass is 9.94. The molecule has 30 heavy (non-hydrogen) atoms. The third-order valence-electron chi connectivity index (χ3n) is 6.66. The van der Waals surface area contributed by atoms with Gasteiger partial charge in [-0.3, -0.25) is 4.79 Å². The third-order valence-corrected chi connectivity index (χ3v) is 6.66. The molecule has 3 fully saturated rings. The van der Waals surface area contributed by atoms with E-state index in [0.29, 0.717) is 35.5 Å². The molecule has 2 saturated heterocycles. The van der Waals surface area contributed by atoms with Crippen molar-refractivity contribution in [2.75, 3.05) is 38.8 Å². The summed E-state index contributed by atoms with van der Waals surface area (Å²) in [4.78, 5) is 27.2. The number of nitrogens with one attached hydrogen (secondary N) is 1. The Balaban J connectivity index is 1.72. The summed E-state index contributed by atoms with van der Waals surface area (Å²) in [6.45, 7) is 2.45. The van der Waals surface area contributed by atoms with E-state index in [-0.39, 0.29) is 17.0 Å². The number of benzene rings is 1. The summed E-state index contributed by atoms with van der Waals surface area (Å²) >= 11 is 0. The number of aromatic nitrogens is 1. The van der Waals surface area contributed by atoms with E-state index in [1.807, 2.05) is 9.47 Å². The molecule has 1 aliphatic carbocycles. The highest BCUT2D eigenvalue weighted by atomic mass is 19.1. The Labute approximate surface area is 173 Å². The number of anilines is 1. The van der Waals surface area contributed by atoms with Gasteiger partial charge in [0, 0.05) is 31.4 Å². The molecule has 2 aromatic rings. The van der Waals surface area contributed by atoms with Gasteiger partial charge in [-0.1, -0.05) is 0 Å². The lowest BCUT2D eigenvalue weighted by molar-refractivity contribution is 0.0598. The van der Waals surface area contributed by atoms with Gasteiger partial charge in [-0.2, -0.15) is 0 Å². The molecule has 2 aliphatic heterocycles. The van der Waals surface area contributed by atoms with Crippen molar-refractivity contribution in [1.29, 1.82) is 0 Å². The normalized spacial score (nSPS) is 23.5. The van der Waals surface area contributed by atoms with Crippen LogP contribution < -0.4 is 20.4 Å². The van der Waals surface area contributed by atoms with E-state index in [1.165, 1.54) is 20.3 Å². The zero-order chi connectivity index (χ0) is 21.0. The predicted octanol–water partition coefficient (Wildman–Crippen LogP) is 2.46. The number of methoxy groups -OCH3 is 2. The third kappa shape index (κ3) is 2.96. The number of esters is 1. The fraction of sp³-hybridized carbons (Fsp3) is 0.545. The highest BCUT2D eigenvalue weighted by Crippen LogP contribution is 2.45.